The Balaban J connectivity index is 2.41. The lowest BCUT2D eigenvalue weighted by atomic mass is 10.4. The highest BCUT2D eigenvalue weighted by Gasteiger charge is 2.06. The lowest BCUT2D eigenvalue weighted by Crippen LogP contribution is -1.87. The zero-order valence-electron chi connectivity index (χ0n) is 6.73. The van der Waals surface area contributed by atoms with Gasteiger partial charge in [-0.2, -0.15) is 4.98 Å². The highest BCUT2D eigenvalue weighted by atomic mass is 35.5. The van der Waals surface area contributed by atoms with E-state index in [-0.39, 0.29) is 0 Å². The summed E-state index contributed by atoms with van der Waals surface area (Å²) in [5.41, 5.74) is 0.543. The second kappa shape index (κ2) is 3.10. The molecule has 0 radical (unpaired) electrons. The predicted octanol–water partition coefficient (Wildman–Crippen LogP) is 1.49. The van der Waals surface area contributed by atoms with Gasteiger partial charge >= 0.3 is 0 Å². The van der Waals surface area contributed by atoms with Gasteiger partial charge in [0.15, 0.2) is 0 Å². The van der Waals surface area contributed by atoms with E-state index in [1.54, 1.807) is 6.92 Å². The Kier molecular flexibility index (Phi) is 1.94. The van der Waals surface area contributed by atoms with Crippen molar-refractivity contribution in [2.24, 2.45) is 0 Å². The number of aromatic nitrogens is 4. The molecule has 6 heteroatoms. The topological polar surface area (TPSA) is 64.7 Å². The Bertz CT molecular complexity index is 411. The molecule has 2 rings (SSSR count). The van der Waals surface area contributed by atoms with Crippen LogP contribution in [0.3, 0.4) is 0 Å². The van der Waals surface area contributed by atoms with Crippen molar-refractivity contribution in [2.75, 3.05) is 0 Å². The second-order valence-corrected chi connectivity index (χ2v) is 2.75. The van der Waals surface area contributed by atoms with Crippen LogP contribution in [0, 0.1) is 6.92 Å². The molecular formula is C7H5ClN4O. The molecule has 0 saturated carbocycles. The van der Waals surface area contributed by atoms with Crippen LogP contribution in [0.2, 0.25) is 5.15 Å². The average molecular weight is 197 g/mol. The van der Waals surface area contributed by atoms with Gasteiger partial charge in [0.1, 0.15) is 10.8 Å². The molecule has 0 aliphatic heterocycles. The smallest absolute Gasteiger partial charge is 0.223 e. The van der Waals surface area contributed by atoms with Gasteiger partial charge in [-0.15, -0.1) is 0 Å². The number of hydrogen-bond donors (Lipinski definition) is 0. The van der Waals surface area contributed by atoms with Crippen molar-refractivity contribution in [3.05, 3.63) is 23.4 Å². The normalized spacial score (nSPS) is 10.3. The zero-order chi connectivity index (χ0) is 9.26. The summed E-state index contributed by atoms with van der Waals surface area (Å²) in [5.74, 6) is 0.911. The van der Waals surface area contributed by atoms with Crippen LogP contribution in [0.15, 0.2) is 16.9 Å². The minimum absolute atomic E-state index is 0.337. The molecular weight excluding hydrogens is 192 g/mol. The Morgan fingerprint density at radius 2 is 2.15 bits per heavy atom. The van der Waals surface area contributed by atoms with Crippen molar-refractivity contribution in [3.8, 4) is 11.5 Å². The highest BCUT2D eigenvalue weighted by Crippen LogP contribution is 2.12. The molecule has 2 aromatic rings. The first kappa shape index (κ1) is 8.12. The van der Waals surface area contributed by atoms with Crippen LogP contribution in [0.25, 0.3) is 11.5 Å². The Morgan fingerprint density at radius 3 is 2.69 bits per heavy atom. The van der Waals surface area contributed by atoms with Crippen LogP contribution in [0.4, 0.5) is 0 Å². The van der Waals surface area contributed by atoms with Gasteiger partial charge in [-0.3, -0.25) is 0 Å². The molecule has 0 atom stereocenters. The fraction of sp³-hybridized carbons (Fsp3) is 0.143. The van der Waals surface area contributed by atoms with Gasteiger partial charge in [0.25, 0.3) is 0 Å². The van der Waals surface area contributed by atoms with E-state index >= 15 is 0 Å². The Labute approximate surface area is 78.8 Å². The molecule has 0 N–H and O–H groups in total. The van der Waals surface area contributed by atoms with Gasteiger partial charge in [-0.05, 0) is 0 Å². The summed E-state index contributed by atoms with van der Waals surface area (Å²) in [7, 11) is 0. The van der Waals surface area contributed by atoms with Crippen LogP contribution in [-0.4, -0.2) is 20.1 Å². The molecule has 0 spiro atoms. The second-order valence-electron chi connectivity index (χ2n) is 2.36. The van der Waals surface area contributed by atoms with E-state index in [9.17, 15) is 0 Å². The first-order chi connectivity index (χ1) is 6.25. The third-order valence-electron chi connectivity index (χ3n) is 1.38. The number of rotatable bonds is 1. The summed E-state index contributed by atoms with van der Waals surface area (Å²) < 4.78 is 4.79. The largest absolute Gasteiger partial charge is 0.339 e. The quantitative estimate of drug-likeness (QED) is 0.691. The van der Waals surface area contributed by atoms with Crippen molar-refractivity contribution in [1.82, 2.24) is 20.1 Å². The predicted molar refractivity (Wildman–Crippen MR) is 45.1 cm³/mol. The SMILES string of the molecule is Cc1nc(-c2cnc(Cl)cn2)no1. The maximum Gasteiger partial charge on any atom is 0.223 e. The molecule has 0 aromatic carbocycles. The highest BCUT2D eigenvalue weighted by molar-refractivity contribution is 6.29. The molecule has 5 nitrogen and oxygen atoms in total. The van der Waals surface area contributed by atoms with E-state index in [0.717, 1.165) is 0 Å². The summed E-state index contributed by atoms with van der Waals surface area (Å²) >= 11 is 5.57. The Hall–Kier alpha value is -1.49. The number of aryl methyl sites for hydroxylation is 1. The monoisotopic (exact) mass is 196 g/mol. The van der Waals surface area contributed by atoms with E-state index in [4.69, 9.17) is 16.1 Å². The van der Waals surface area contributed by atoms with Gasteiger partial charge in [-0.25, -0.2) is 9.97 Å². The first-order valence-electron chi connectivity index (χ1n) is 3.54. The van der Waals surface area contributed by atoms with E-state index in [1.807, 2.05) is 0 Å². The summed E-state index contributed by atoms with van der Waals surface area (Å²) in [6, 6.07) is 0. The van der Waals surface area contributed by atoms with Crippen molar-refractivity contribution in [1.29, 1.82) is 0 Å². The van der Waals surface area contributed by atoms with E-state index in [2.05, 4.69) is 20.1 Å². The molecule has 2 heterocycles. The minimum Gasteiger partial charge on any atom is -0.339 e. The summed E-state index contributed by atoms with van der Waals surface area (Å²) in [6.45, 7) is 1.71. The third kappa shape index (κ3) is 1.65. The van der Waals surface area contributed by atoms with Crippen molar-refractivity contribution in [3.63, 3.8) is 0 Å². The van der Waals surface area contributed by atoms with Crippen LogP contribution in [0.1, 0.15) is 5.89 Å². The van der Waals surface area contributed by atoms with Gasteiger partial charge in [0, 0.05) is 6.92 Å². The van der Waals surface area contributed by atoms with Crippen molar-refractivity contribution >= 4 is 11.6 Å². The third-order valence-corrected chi connectivity index (χ3v) is 1.57. The van der Waals surface area contributed by atoms with Crippen LogP contribution in [0.5, 0.6) is 0 Å². The number of halogens is 1. The lowest BCUT2D eigenvalue weighted by molar-refractivity contribution is 0.394. The van der Waals surface area contributed by atoms with Crippen LogP contribution < -0.4 is 0 Å². The van der Waals surface area contributed by atoms with Gasteiger partial charge in [0.2, 0.25) is 11.7 Å². The van der Waals surface area contributed by atoms with Gasteiger partial charge < -0.3 is 4.52 Å². The molecule has 0 aliphatic carbocycles. The standard InChI is InChI=1S/C7H5ClN4O/c1-4-11-7(12-13-4)5-2-10-6(8)3-9-5/h2-3H,1H3. The average Bonchev–Trinajstić information content (AvgIpc) is 2.53. The molecule has 13 heavy (non-hydrogen) atoms. The summed E-state index contributed by atoms with van der Waals surface area (Å²) in [5, 5.41) is 4.02. The number of hydrogen-bond acceptors (Lipinski definition) is 5. The molecule has 66 valence electrons. The van der Waals surface area contributed by atoms with E-state index in [1.165, 1.54) is 12.4 Å². The molecule has 0 unspecified atom stereocenters. The molecule has 2 aromatic heterocycles. The summed E-state index contributed by atoms with van der Waals surface area (Å²) in [4.78, 5) is 11.8. The van der Waals surface area contributed by atoms with Gasteiger partial charge in [0.05, 0.1) is 12.4 Å². The molecule has 0 bridgehead atoms. The summed E-state index contributed by atoms with van der Waals surface area (Å²) in [6.07, 6.45) is 2.93. The lowest BCUT2D eigenvalue weighted by Gasteiger charge is -1.91. The fourth-order valence-corrected chi connectivity index (χ4v) is 0.929. The van der Waals surface area contributed by atoms with E-state index < -0.39 is 0 Å². The molecule has 0 amide bonds. The van der Waals surface area contributed by atoms with E-state index in [0.29, 0.717) is 22.6 Å². The van der Waals surface area contributed by atoms with Crippen LogP contribution >= 0.6 is 11.6 Å². The fourth-order valence-electron chi connectivity index (χ4n) is 0.831. The molecule has 0 aliphatic rings. The molecule has 0 saturated heterocycles. The van der Waals surface area contributed by atoms with Crippen molar-refractivity contribution in [2.45, 2.75) is 6.92 Å². The zero-order valence-corrected chi connectivity index (χ0v) is 7.49. The van der Waals surface area contributed by atoms with Crippen molar-refractivity contribution < 1.29 is 4.52 Å². The van der Waals surface area contributed by atoms with Gasteiger partial charge in [-0.1, -0.05) is 16.8 Å². The number of nitrogens with zero attached hydrogens (tertiary/aromatic N) is 4. The Morgan fingerprint density at radius 1 is 1.31 bits per heavy atom. The van der Waals surface area contributed by atoms with Crippen LogP contribution in [-0.2, 0) is 0 Å². The first-order valence-corrected chi connectivity index (χ1v) is 3.92. The maximum atomic E-state index is 5.57. The minimum atomic E-state index is 0.337. The molecule has 0 fully saturated rings. The maximum absolute atomic E-state index is 5.57.